The number of aromatic amines is 2. The van der Waals surface area contributed by atoms with Crippen molar-refractivity contribution in [3.63, 3.8) is 0 Å². The van der Waals surface area contributed by atoms with Crippen LogP contribution in [0.4, 0.5) is 14.9 Å². The Morgan fingerprint density at radius 1 is 1.42 bits per heavy atom. The van der Waals surface area contributed by atoms with Gasteiger partial charge in [-0.3, -0.25) is 4.90 Å². The van der Waals surface area contributed by atoms with Crippen molar-refractivity contribution in [1.29, 1.82) is 0 Å². The molecule has 0 spiro atoms. The molecule has 1 saturated heterocycles. The number of rotatable bonds is 4. The average molecular weight is 329 g/mol. The summed E-state index contributed by atoms with van der Waals surface area (Å²) in [4.78, 5) is 20.3. The third kappa shape index (κ3) is 2.57. The molecule has 1 amide bonds. The van der Waals surface area contributed by atoms with Crippen molar-refractivity contribution >= 4 is 11.8 Å². The van der Waals surface area contributed by atoms with Gasteiger partial charge in [-0.15, -0.1) is 10.2 Å². The van der Waals surface area contributed by atoms with Gasteiger partial charge in [0.2, 0.25) is 0 Å². The highest BCUT2D eigenvalue weighted by molar-refractivity contribution is 5.90. The van der Waals surface area contributed by atoms with Gasteiger partial charge in [0, 0.05) is 12.4 Å². The number of carbonyl (C=O) groups excluding carboxylic acids is 1. The minimum absolute atomic E-state index is 0.285. The van der Waals surface area contributed by atoms with Crippen LogP contribution in [0.15, 0.2) is 30.6 Å². The molecular formula is C14H12FN7O2. The van der Waals surface area contributed by atoms with E-state index in [1.807, 2.05) is 0 Å². The van der Waals surface area contributed by atoms with Crippen LogP contribution in [0.5, 0.6) is 0 Å². The lowest BCUT2D eigenvalue weighted by molar-refractivity contribution is 0.140. The fourth-order valence-electron chi connectivity index (χ4n) is 2.59. The first kappa shape index (κ1) is 14.3. The molecule has 0 radical (unpaired) electrons. The third-order valence-corrected chi connectivity index (χ3v) is 3.69. The number of nitrogens with one attached hydrogen (secondary N) is 2. The molecule has 1 aromatic carbocycles. The Balaban J connectivity index is 1.53. The number of imidazole rings is 1. The largest absolute Gasteiger partial charge is 0.443 e. The molecule has 1 aliphatic heterocycles. The molecule has 3 aromatic rings. The van der Waals surface area contributed by atoms with Crippen molar-refractivity contribution in [2.45, 2.75) is 12.5 Å². The average Bonchev–Trinajstić information content (AvgIpc) is 3.30. The molecule has 1 aliphatic rings. The van der Waals surface area contributed by atoms with Crippen molar-refractivity contribution in [3.05, 3.63) is 42.2 Å². The molecule has 1 fully saturated rings. The first-order chi connectivity index (χ1) is 11.7. The molecule has 0 aliphatic carbocycles. The lowest BCUT2D eigenvalue weighted by Crippen LogP contribution is -2.25. The quantitative estimate of drug-likeness (QED) is 0.746. The highest BCUT2D eigenvalue weighted by Crippen LogP contribution is 2.27. The Hall–Kier alpha value is -3.30. The van der Waals surface area contributed by atoms with Gasteiger partial charge in [-0.05, 0) is 18.2 Å². The Labute approximate surface area is 134 Å². The lowest BCUT2D eigenvalue weighted by atomic mass is 10.1. The summed E-state index contributed by atoms with van der Waals surface area (Å²) in [5, 5.41) is 13.5. The predicted molar refractivity (Wildman–Crippen MR) is 79.5 cm³/mol. The van der Waals surface area contributed by atoms with Crippen LogP contribution < -0.4 is 4.90 Å². The second kappa shape index (κ2) is 5.72. The van der Waals surface area contributed by atoms with Crippen LogP contribution in [0.25, 0.3) is 11.4 Å². The van der Waals surface area contributed by atoms with Gasteiger partial charge in [0.05, 0.1) is 24.2 Å². The molecule has 122 valence electrons. The van der Waals surface area contributed by atoms with Crippen LogP contribution in [-0.2, 0) is 11.2 Å². The van der Waals surface area contributed by atoms with Crippen LogP contribution in [0, 0.1) is 5.82 Å². The maximum absolute atomic E-state index is 14.3. The maximum atomic E-state index is 14.3. The number of anilines is 1. The van der Waals surface area contributed by atoms with Crippen molar-refractivity contribution in [2.24, 2.45) is 0 Å². The number of ether oxygens (including phenoxy) is 1. The number of nitrogens with zero attached hydrogens (tertiary/aromatic N) is 5. The number of carbonyl (C=O) groups is 1. The van der Waals surface area contributed by atoms with E-state index in [1.54, 1.807) is 24.5 Å². The number of amides is 1. The highest BCUT2D eigenvalue weighted by atomic mass is 19.1. The summed E-state index contributed by atoms with van der Waals surface area (Å²) in [6.07, 6.45) is 2.55. The Kier molecular flexibility index (Phi) is 3.41. The number of hydrogen-bond donors (Lipinski definition) is 2. The summed E-state index contributed by atoms with van der Waals surface area (Å²) in [6, 6.07) is 4.51. The van der Waals surface area contributed by atoms with E-state index < -0.39 is 18.0 Å². The number of aromatic nitrogens is 6. The topological polar surface area (TPSA) is 113 Å². The molecule has 0 bridgehead atoms. The van der Waals surface area contributed by atoms with Crippen molar-refractivity contribution < 1.29 is 13.9 Å². The molecule has 2 aromatic heterocycles. The van der Waals surface area contributed by atoms with Gasteiger partial charge >= 0.3 is 6.09 Å². The van der Waals surface area contributed by atoms with E-state index in [2.05, 4.69) is 30.6 Å². The number of H-pyrrole nitrogens is 2. The summed E-state index contributed by atoms with van der Waals surface area (Å²) in [7, 11) is 0. The summed E-state index contributed by atoms with van der Waals surface area (Å²) in [6.45, 7) is 0.285. The summed E-state index contributed by atoms with van der Waals surface area (Å²) >= 11 is 0. The second-order valence-electron chi connectivity index (χ2n) is 5.25. The Morgan fingerprint density at radius 2 is 2.33 bits per heavy atom. The first-order valence-corrected chi connectivity index (χ1v) is 7.20. The smallest absolute Gasteiger partial charge is 0.414 e. The molecule has 9 nitrogen and oxygen atoms in total. The fraction of sp³-hybridized carbons (Fsp3) is 0.214. The number of halogens is 1. The highest BCUT2D eigenvalue weighted by Gasteiger charge is 2.33. The molecule has 24 heavy (non-hydrogen) atoms. The zero-order valence-electron chi connectivity index (χ0n) is 12.3. The number of tetrazole rings is 1. The van der Waals surface area contributed by atoms with Crippen LogP contribution in [-0.4, -0.2) is 49.3 Å². The lowest BCUT2D eigenvalue weighted by Gasteiger charge is -2.13. The van der Waals surface area contributed by atoms with Crippen molar-refractivity contribution in [3.8, 4) is 11.4 Å². The number of hydrogen-bond acceptors (Lipinski definition) is 6. The SMILES string of the molecule is O=C1O[C@H](Cc2nn[nH]n2)CN1c1ccc(-c2ncc[nH]2)c(F)c1. The van der Waals surface area contributed by atoms with Gasteiger partial charge in [0.25, 0.3) is 0 Å². The van der Waals surface area contributed by atoms with Crippen molar-refractivity contribution in [1.82, 2.24) is 30.6 Å². The van der Waals surface area contributed by atoms with E-state index >= 15 is 0 Å². The van der Waals surface area contributed by atoms with Crippen LogP contribution in [0.3, 0.4) is 0 Å². The third-order valence-electron chi connectivity index (χ3n) is 3.69. The van der Waals surface area contributed by atoms with Gasteiger partial charge in [-0.25, -0.2) is 14.2 Å². The van der Waals surface area contributed by atoms with Crippen LogP contribution in [0.2, 0.25) is 0 Å². The monoisotopic (exact) mass is 329 g/mol. The maximum Gasteiger partial charge on any atom is 0.414 e. The van der Waals surface area contributed by atoms with E-state index in [0.29, 0.717) is 29.3 Å². The van der Waals surface area contributed by atoms with E-state index in [1.165, 1.54) is 11.0 Å². The van der Waals surface area contributed by atoms with E-state index in [-0.39, 0.29) is 6.54 Å². The van der Waals surface area contributed by atoms with Crippen LogP contribution in [0.1, 0.15) is 5.82 Å². The van der Waals surface area contributed by atoms with Gasteiger partial charge < -0.3 is 9.72 Å². The minimum atomic E-state index is -0.534. The molecule has 0 unspecified atom stereocenters. The zero-order chi connectivity index (χ0) is 16.5. The molecular weight excluding hydrogens is 317 g/mol. The molecule has 3 heterocycles. The van der Waals surface area contributed by atoms with E-state index in [0.717, 1.165) is 0 Å². The zero-order valence-corrected chi connectivity index (χ0v) is 12.3. The van der Waals surface area contributed by atoms with Gasteiger partial charge in [0.1, 0.15) is 17.7 Å². The Morgan fingerprint density at radius 3 is 3.04 bits per heavy atom. The van der Waals surface area contributed by atoms with E-state index in [9.17, 15) is 9.18 Å². The minimum Gasteiger partial charge on any atom is -0.443 e. The standard InChI is InChI=1S/C14H12FN7O2/c15-11-5-8(1-2-10(11)13-16-3-4-17-13)22-7-9(24-14(22)23)6-12-18-20-21-19-12/h1-5,9H,6-7H2,(H,16,17)(H,18,19,20,21)/t9-/m1/s1. The fourth-order valence-corrected chi connectivity index (χ4v) is 2.59. The molecule has 4 rings (SSSR count). The van der Waals surface area contributed by atoms with E-state index in [4.69, 9.17) is 4.74 Å². The van der Waals surface area contributed by atoms with Gasteiger partial charge in [-0.1, -0.05) is 5.21 Å². The Bertz CT molecular complexity index is 850. The summed E-state index contributed by atoms with van der Waals surface area (Å²) in [5.41, 5.74) is 0.753. The molecule has 0 saturated carbocycles. The second-order valence-corrected chi connectivity index (χ2v) is 5.25. The first-order valence-electron chi connectivity index (χ1n) is 7.20. The summed E-state index contributed by atoms with van der Waals surface area (Å²) in [5.74, 6) is 0.406. The summed E-state index contributed by atoms with van der Waals surface area (Å²) < 4.78 is 19.6. The van der Waals surface area contributed by atoms with Gasteiger partial charge in [-0.2, -0.15) is 5.21 Å². The predicted octanol–water partition coefficient (Wildman–Crippen LogP) is 1.30. The van der Waals surface area contributed by atoms with Crippen molar-refractivity contribution in [2.75, 3.05) is 11.4 Å². The molecule has 2 N–H and O–H groups in total. The number of benzene rings is 1. The normalized spacial score (nSPS) is 17.3. The van der Waals surface area contributed by atoms with Crippen LogP contribution >= 0.6 is 0 Å². The molecule has 1 atom stereocenters. The molecule has 10 heteroatoms. The number of cyclic esters (lactones) is 1. The van der Waals surface area contributed by atoms with Gasteiger partial charge in [0.15, 0.2) is 5.82 Å².